The summed E-state index contributed by atoms with van der Waals surface area (Å²) in [6.45, 7) is 5.50. The van der Waals surface area contributed by atoms with Gasteiger partial charge in [-0.25, -0.2) is 0 Å². The highest BCUT2D eigenvalue weighted by Crippen LogP contribution is 2.20. The molecule has 0 saturated heterocycles. The fraction of sp³-hybridized carbons (Fsp3) is 0.455. The summed E-state index contributed by atoms with van der Waals surface area (Å²) < 4.78 is 3.67. The van der Waals surface area contributed by atoms with Gasteiger partial charge in [-0.05, 0) is 19.4 Å². The van der Waals surface area contributed by atoms with E-state index in [0.717, 1.165) is 24.6 Å². The van der Waals surface area contributed by atoms with E-state index in [1.165, 1.54) is 5.56 Å². The van der Waals surface area contributed by atoms with Crippen molar-refractivity contribution >= 4 is 11.5 Å². The lowest BCUT2D eigenvalue weighted by Crippen LogP contribution is -2.13. The molecule has 0 aliphatic rings. The first-order valence-corrected chi connectivity index (χ1v) is 5.60. The molecule has 0 atom stereocenters. The number of hydrogen-bond acceptors (Lipinski definition) is 4. The van der Waals surface area contributed by atoms with Gasteiger partial charge in [0.15, 0.2) is 0 Å². The van der Waals surface area contributed by atoms with Gasteiger partial charge in [-0.2, -0.15) is 10.2 Å². The van der Waals surface area contributed by atoms with Gasteiger partial charge in [-0.3, -0.25) is 9.36 Å². The van der Waals surface area contributed by atoms with Crippen LogP contribution in [-0.2, 0) is 13.6 Å². The molecule has 0 spiro atoms. The number of nitrogen functional groups attached to an aromatic ring is 1. The number of aryl methyl sites for hydroxylation is 3. The topological polar surface area (TPSA) is 73.7 Å². The zero-order chi connectivity index (χ0) is 12.4. The smallest absolute Gasteiger partial charge is 0.147 e. The van der Waals surface area contributed by atoms with Crippen LogP contribution in [0.5, 0.6) is 0 Å². The zero-order valence-electron chi connectivity index (χ0n) is 10.4. The Labute approximate surface area is 100 Å². The number of nitrogens with one attached hydrogen (secondary N) is 1. The van der Waals surface area contributed by atoms with E-state index in [1.54, 1.807) is 4.68 Å². The molecular weight excluding hydrogens is 216 g/mol. The van der Waals surface area contributed by atoms with Crippen LogP contribution in [0.4, 0.5) is 11.5 Å². The highest BCUT2D eigenvalue weighted by molar-refractivity contribution is 5.64. The average Bonchev–Trinajstić information content (AvgIpc) is 2.78. The van der Waals surface area contributed by atoms with Gasteiger partial charge >= 0.3 is 0 Å². The second-order valence-corrected chi connectivity index (χ2v) is 4.18. The number of nitrogens with zero attached hydrogens (tertiary/aromatic N) is 4. The van der Waals surface area contributed by atoms with E-state index in [4.69, 9.17) is 5.73 Å². The van der Waals surface area contributed by atoms with Crippen LogP contribution in [0, 0.1) is 13.8 Å². The molecule has 0 aliphatic carbocycles. The number of anilines is 2. The summed E-state index contributed by atoms with van der Waals surface area (Å²) in [7, 11) is 1.88. The van der Waals surface area contributed by atoms with Crippen molar-refractivity contribution in [2.24, 2.45) is 7.05 Å². The van der Waals surface area contributed by atoms with Crippen molar-refractivity contribution in [1.29, 1.82) is 0 Å². The Bertz CT molecular complexity index is 510. The van der Waals surface area contributed by atoms with Crippen LogP contribution in [0.25, 0.3) is 0 Å². The third-order valence-corrected chi connectivity index (χ3v) is 2.66. The van der Waals surface area contributed by atoms with Crippen molar-refractivity contribution in [1.82, 2.24) is 19.6 Å². The normalized spacial score (nSPS) is 10.8. The molecule has 0 radical (unpaired) electrons. The van der Waals surface area contributed by atoms with E-state index >= 15 is 0 Å². The van der Waals surface area contributed by atoms with E-state index < -0.39 is 0 Å². The summed E-state index contributed by atoms with van der Waals surface area (Å²) in [5, 5.41) is 11.7. The Kier molecular flexibility index (Phi) is 3.03. The molecule has 92 valence electrons. The molecule has 0 unspecified atom stereocenters. The predicted octanol–water partition coefficient (Wildman–Crippen LogP) is 0.928. The number of aromatic nitrogens is 4. The lowest BCUT2D eigenvalue weighted by molar-refractivity contribution is 0.633. The highest BCUT2D eigenvalue weighted by atomic mass is 15.3. The molecule has 0 bridgehead atoms. The Morgan fingerprint density at radius 2 is 2.18 bits per heavy atom. The van der Waals surface area contributed by atoms with E-state index in [2.05, 4.69) is 15.5 Å². The van der Waals surface area contributed by atoms with Gasteiger partial charge in [0, 0.05) is 19.8 Å². The molecule has 17 heavy (non-hydrogen) atoms. The average molecular weight is 234 g/mol. The van der Waals surface area contributed by atoms with Gasteiger partial charge in [0.25, 0.3) is 0 Å². The van der Waals surface area contributed by atoms with Crippen molar-refractivity contribution in [2.75, 3.05) is 17.6 Å². The molecular formula is C11H18N6. The molecule has 2 rings (SSSR count). The lowest BCUT2D eigenvalue weighted by atomic mass is 10.4. The van der Waals surface area contributed by atoms with Crippen molar-refractivity contribution in [3.63, 3.8) is 0 Å². The fourth-order valence-corrected chi connectivity index (χ4v) is 1.76. The fourth-order valence-electron chi connectivity index (χ4n) is 1.76. The highest BCUT2D eigenvalue weighted by Gasteiger charge is 2.08. The van der Waals surface area contributed by atoms with Gasteiger partial charge < -0.3 is 11.1 Å². The number of hydrogen-bond donors (Lipinski definition) is 2. The molecule has 2 aromatic rings. The maximum Gasteiger partial charge on any atom is 0.147 e. The summed E-state index contributed by atoms with van der Waals surface area (Å²) in [5.74, 6) is 0.867. The SMILES string of the molecule is Cc1cnn(CCNc2c(N)c(C)nn2C)c1. The maximum absolute atomic E-state index is 5.92. The Morgan fingerprint density at radius 1 is 1.41 bits per heavy atom. The van der Waals surface area contributed by atoms with Gasteiger partial charge in [0.2, 0.25) is 0 Å². The summed E-state index contributed by atoms with van der Waals surface area (Å²) in [4.78, 5) is 0. The molecule has 0 amide bonds. The first-order valence-electron chi connectivity index (χ1n) is 5.60. The Balaban J connectivity index is 1.94. The van der Waals surface area contributed by atoms with E-state index in [1.807, 2.05) is 38.0 Å². The molecule has 2 aromatic heterocycles. The minimum atomic E-state index is 0.712. The van der Waals surface area contributed by atoms with Gasteiger partial charge in [-0.1, -0.05) is 0 Å². The van der Waals surface area contributed by atoms with Crippen molar-refractivity contribution in [3.8, 4) is 0 Å². The number of nitrogens with two attached hydrogens (primary N) is 1. The molecule has 3 N–H and O–H groups in total. The van der Waals surface area contributed by atoms with Gasteiger partial charge in [-0.15, -0.1) is 0 Å². The molecule has 0 aliphatic heterocycles. The lowest BCUT2D eigenvalue weighted by Gasteiger charge is -2.07. The van der Waals surface area contributed by atoms with Gasteiger partial charge in [0.05, 0.1) is 24.1 Å². The minimum Gasteiger partial charge on any atom is -0.394 e. The van der Waals surface area contributed by atoms with Crippen LogP contribution < -0.4 is 11.1 Å². The molecule has 0 saturated carbocycles. The Hall–Kier alpha value is -1.98. The van der Waals surface area contributed by atoms with Crippen molar-refractivity contribution in [3.05, 3.63) is 23.7 Å². The summed E-state index contributed by atoms with van der Waals surface area (Å²) in [5.41, 5.74) is 8.65. The van der Waals surface area contributed by atoms with Crippen molar-refractivity contribution < 1.29 is 0 Å². The second-order valence-electron chi connectivity index (χ2n) is 4.18. The monoisotopic (exact) mass is 234 g/mol. The first kappa shape index (κ1) is 11.5. The molecule has 6 nitrogen and oxygen atoms in total. The quantitative estimate of drug-likeness (QED) is 0.825. The van der Waals surface area contributed by atoms with E-state index in [-0.39, 0.29) is 0 Å². The number of rotatable bonds is 4. The molecule has 0 aromatic carbocycles. The van der Waals surface area contributed by atoms with Crippen LogP contribution in [0.1, 0.15) is 11.3 Å². The molecule has 0 fully saturated rings. The predicted molar refractivity (Wildman–Crippen MR) is 67.8 cm³/mol. The minimum absolute atomic E-state index is 0.712. The maximum atomic E-state index is 5.92. The third-order valence-electron chi connectivity index (χ3n) is 2.66. The van der Waals surface area contributed by atoms with Crippen LogP contribution in [0.2, 0.25) is 0 Å². The second kappa shape index (κ2) is 4.48. The van der Waals surface area contributed by atoms with E-state index in [0.29, 0.717) is 5.69 Å². The third kappa shape index (κ3) is 2.41. The molecule has 6 heteroatoms. The summed E-state index contributed by atoms with van der Waals surface area (Å²) in [6, 6.07) is 0. The van der Waals surface area contributed by atoms with Crippen LogP contribution in [0.15, 0.2) is 12.4 Å². The zero-order valence-corrected chi connectivity index (χ0v) is 10.4. The van der Waals surface area contributed by atoms with Gasteiger partial charge in [0.1, 0.15) is 5.82 Å². The van der Waals surface area contributed by atoms with E-state index in [9.17, 15) is 0 Å². The standard InChI is InChI=1S/C11H18N6/c1-8-6-14-17(7-8)5-4-13-11-10(12)9(2)15-16(11)3/h6-7,13H,4-5,12H2,1-3H3. The van der Waals surface area contributed by atoms with Crippen LogP contribution >= 0.6 is 0 Å². The Morgan fingerprint density at radius 3 is 2.71 bits per heavy atom. The summed E-state index contributed by atoms with van der Waals surface area (Å²) >= 11 is 0. The first-order chi connectivity index (χ1) is 8.08. The van der Waals surface area contributed by atoms with Crippen LogP contribution in [0.3, 0.4) is 0 Å². The molecule has 2 heterocycles. The van der Waals surface area contributed by atoms with Crippen LogP contribution in [-0.4, -0.2) is 26.1 Å². The largest absolute Gasteiger partial charge is 0.394 e. The summed E-state index contributed by atoms with van der Waals surface area (Å²) in [6.07, 6.45) is 3.86. The van der Waals surface area contributed by atoms with Crippen molar-refractivity contribution in [2.45, 2.75) is 20.4 Å².